The first-order valence-electron chi connectivity index (χ1n) is 8.74. The number of thioether (sulfide) groups is 1. The van der Waals surface area contributed by atoms with Crippen molar-refractivity contribution in [2.45, 2.75) is 63.7 Å². The van der Waals surface area contributed by atoms with Crippen LogP contribution in [0.25, 0.3) is 0 Å². The average Bonchev–Trinajstić information content (AvgIpc) is 2.73. The van der Waals surface area contributed by atoms with Crippen LogP contribution in [0.5, 0.6) is 0 Å². The maximum atomic E-state index is 13.9. The molecule has 2 N–H and O–H groups in total. The van der Waals surface area contributed by atoms with Crippen LogP contribution in [0.4, 0.5) is 97.9 Å². The average molecular weight is 643 g/mol. The van der Waals surface area contributed by atoms with Crippen LogP contribution in [0.3, 0.4) is 0 Å². The Labute approximate surface area is 204 Å². The minimum atomic E-state index is -9.18. The molecule has 39 heavy (non-hydrogen) atoms. The molecule has 1 nitrogen and oxygen atoms in total. The lowest BCUT2D eigenvalue weighted by Gasteiger charge is -2.44. The number of nitrogens with two attached hydrogens (primary N) is 1. The highest BCUT2D eigenvalue weighted by Gasteiger charge is 2.97. The number of rotatable bonds is 10. The highest BCUT2D eigenvalue weighted by Crippen LogP contribution is 2.67. The maximum absolute atomic E-state index is 13.9. The smallest absolute Gasteiger partial charge is 0.399 e. The van der Waals surface area contributed by atoms with E-state index in [9.17, 15) is 92.2 Å². The van der Waals surface area contributed by atoms with Gasteiger partial charge in [0.2, 0.25) is 0 Å². The normalized spacial score (nSPS) is 16.0. The van der Waals surface area contributed by atoms with Gasteiger partial charge >= 0.3 is 58.8 Å². The van der Waals surface area contributed by atoms with Gasteiger partial charge in [0.25, 0.3) is 0 Å². The second kappa shape index (κ2) is 9.21. The van der Waals surface area contributed by atoms with Crippen LogP contribution in [-0.2, 0) is 0 Å². The Balaban J connectivity index is 3.71. The van der Waals surface area contributed by atoms with Crippen molar-refractivity contribution in [2.24, 2.45) is 0 Å². The second-order valence-electron chi connectivity index (χ2n) is 7.28. The summed E-state index contributed by atoms with van der Waals surface area (Å²) in [4.78, 5) is -1.27. The first-order chi connectivity index (χ1) is 16.7. The zero-order chi connectivity index (χ0) is 31.7. The highest BCUT2D eigenvalue weighted by atomic mass is 32.2. The number of benzene rings is 1. The Morgan fingerprint density at radius 3 is 0.923 bits per heavy atom. The monoisotopic (exact) mass is 643 g/mol. The summed E-state index contributed by atoms with van der Waals surface area (Å²) in [6.45, 7) is 0. The lowest BCUT2D eigenvalue weighted by Crippen LogP contribution is -2.76. The quantitative estimate of drug-likeness (QED) is 0.157. The van der Waals surface area contributed by atoms with Crippen molar-refractivity contribution >= 4 is 17.4 Å². The van der Waals surface area contributed by atoms with Gasteiger partial charge in [-0.15, -0.1) is 0 Å². The Morgan fingerprint density at radius 2 is 0.641 bits per heavy atom. The van der Waals surface area contributed by atoms with Crippen molar-refractivity contribution in [3.63, 3.8) is 0 Å². The van der Waals surface area contributed by atoms with Crippen molar-refractivity contribution in [3.05, 3.63) is 24.3 Å². The van der Waals surface area contributed by atoms with Crippen LogP contribution >= 0.6 is 11.8 Å². The molecule has 0 aliphatic heterocycles. The topological polar surface area (TPSA) is 26.0 Å². The molecule has 0 saturated carbocycles. The molecular weight excluding hydrogens is 637 g/mol. The van der Waals surface area contributed by atoms with Gasteiger partial charge in [0.15, 0.2) is 0 Å². The molecule has 0 atom stereocenters. The fourth-order valence-corrected chi connectivity index (χ4v) is 3.12. The Kier molecular flexibility index (Phi) is 8.25. The zero-order valence-electron chi connectivity index (χ0n) is 17.2. The fraction of sp³-hybridized carbons (Fsp3) is 0.625. The number of halogens is 21. The molecule has 0 aliphatic rings. The van der Waals surface area contributed by atoms with Gasteiger partial charge in [0, 0.05) is 10.6 Å². The molecule has 0 radical (unpaired) electrons. The maximum Gasteiger partial charge on any atom is 0.460 e. The summed E-state index contributed by atoms with van der Waals surface area (Å²) < 4.78 is 279. The van der Waals surface area contributed by atoms with Gasteiger partial charge < -0.3 is 5.73 Å². The number of alkyl halides is 21. The number of hydrogen-bond donors (Lipinski definition) is 1. The van der Waals surface area contributed by atoms with Crippen LogP contribution < -0.4 is 5.73 Å². The molecule has 0 heterocycles. The van der Waals surface area contributed by atoms with Gasteiger partial charge in [-0.3, -0.25) is 0 Å². The van der Waals surface area contributed by atoms with E-state index in [1.54, 1.807) is 0 Å². The van der Waals surface area contributed by atoms with Crippen molar-refractivity contribution in [2.75, 3.05) is 5.73 Å². The van der Waals surface area contributed by atoms with E-state index >= 15 is 0 Å². The van der Waals surface area contributed by atoms with Gasteiger partial charge in [-0.25, -0.2) is 0 Å². The summed E-state index contributed by atoms with van der Waals surface area (Å²) in [6, 6.07) is 1.81. The van der Waals surface area contributed by atoms with E-state index < -0.39 is 75.5 Å². The van der Waals surface area contributed by atoms with Crippen molar-refractivity contribution < 1.29 is 92.2 Å². The Bertz CT molecular complexity index is 1030. The summed E-state index contributed by atoms with van der Waals surface area (Å²) in [7, 11) is 0. The molecule has 23 heteroatoms. The third-order valence-corrected chi connectivity index (χ3v) is 5.63. The van der Waals surface area contributed by atoms with Crippen molar-refractivity contribution in [1.82, 2.24) is 0 Å². The van der Waals surface area contributed by atoms with Crippen molar-refractivity contribution in [3.8, 4) is 0 Å². The molecule has 0 unspecified atom stereocenters. The summed E-state index contributed by atoms with van der Waals surface area (Å²) in [5.74, 6) is -70.3. The number of nitrogen functional groups attached to an aromatic ring is 1. The summed E-state index contributed by atoms with van der Waals surface area (Å²) >= 11 is -1.84. The molecule has 0 fully saturated rings. The molecular formula is C16H6F21NS. The fourth-order valence-electron chi connectivity index (χ4n) is 2.29. The number of anilines is 1. The molecule has 1 rings (SSSR count). The van der Waals surface area contributed by atoms with Gasteiger partial charge in [-0.05, 0) is 36.0 Å². The predicted octanol–water partition coefficient (Wildman–Crippen LogP) is 8.60. The SMILES string of the molecule is Nc1ccc(SC(F)(F)C(F)(F)C(F)(F)C(F)(F)C(F)(F)C(F)(F)C(F)(F)C(F)(F)C(F)(F)C(F)(F)F)cc1. The van der Waals surface area contributed by atoms with E-state index in [-0.39, 0.29) is 5.69 Å². The van der Waals surface area contributed by atoms with E-state index in [4.69, 9.17) is 5.73 Å². The van der Waals surface area contributed by atoms with Crippen LogP contribution in [0.2, 0.25) is 0 Å². The van der Waals surface area contributed by atoms with E-state index in [0.29, 0.717) is 24.3 Å². The summed E-state index contributed by atoms with van der Waals surface area (Å²) in [5, 5.41) is -6.75. The van der Waals surface area contributed by atoms with Gasteiger partial charge in [0.05, 0.1) is 0 Å². The van der Waals surface area contributed by atoms with Crippen LogP contribution in [0.1, 0.15) is 0 Å². The van der Waals surface area contributed by atoms with Gasteiger partial charge in [0.1, 0.15) is 0 Å². The molecule has 0 spiro atoms. The third kappa shape index (κ3) is 4.68. The first-order valence-corrected chi connectivity index (χ1v) is 9.55. The molecule has 0 aromatic heterocycles. The molecule has 0 bridgehead atoms. The molecule has 0 saturated heterocycles. The minimum absolute atomic E-state index is 0.312. The molecule has 1 aromatic carbocycles. The van der Waals surface area contributed by atoms with Crippen LogP contribution in [0.15, 0.2) is 29.2 Å². The Morgan fingerprint density at radius 1 is 0.385 bits per heavy atom. The van der Waals surface area contributed by atoms with Crippen LogP contribution in [-0.4, -0.2) is 58.8 Å². The van der Waals surface area contributed by atoms with Crippen molar-refractivity contribution in [1.29, 1.82) is 0 Å². The van der Waals surface area contributed by atoms with E-state index in [0.717, 1.165) is 0 Å². The second-order valence-corrected chi connectivity index (χ2v) is 8.47. The molecule has 0 aliphatic carbocycles. The largest absolute Gasteiger partial charge is 0.460 e. The third-order valence-electron chi connectivity index (χ3n) is 4.61. The van der Waals surface area contributed by atoms with E-state index in [1.165, 1.54) is 0 Å². The Hall–Kier alpha value is -2.10. The van der Waals surface area contributed by atoms with Gasteiger partial charge in [-0.1, -0.05) is 0 Å². The van der Waals surface area contributed by atoms with E-state index in [1.807, 2.05) is 0 Å². The van der Waals surface area contributed by atoms with Gasteiger partial charge in [-0.2, -0.15) is 92.2 Å². The molecule has 1 aromatic rings. The van der Waals surface area contributed by atoms with E-state index in [2.05, 4.69) is 0 Å². The standard InChI is InChI=1S/C16H6F21NS/c17-7(18,9(21,22)11(25,26)13(29,30)15(33,34)35)8(19,20)10(23,24)12(27,28)14(31,32)16(36,37)39-6-3-1-5(38)2-4-6/h1-4H,38H2. The molecule has 0 amide bonds. The van der Waals surface area contributed by atoms with Crippen LogP contribution in [0, 0.1) is 0 Å². The number of hydrogen-bond acceptors (Lipinski definition) is 2. The zero-order valence-corrected chi connectivity index (χ0v) is 18.0. The first kappa shape index (κ1) is 34.9. The summed E-state index contributed by atoms with van der Waals surface area (Å²) in [5.41, 5.74) is 4.75. The lowest BCUT2D eigenvalue weighted by atomic mass is 9.87. The predicted molar refractivity (Wildman–Crippen MR) is 87.3 cm³/mol. The minimum Gasteiger partial charge on any atom is -0.399 e. The highest BCUT2D eigenvalue weighted by molar-refractivity contribution is 8.00. The lowest BCUT2D eigenvalue weighted by molar-refractivity contribution is -0.472. The molecule has 228 valence electrons. The summed E-state index contributed by atoms with van der Waals surface area (Å²) in [6.07, 6.45) is -8.01.